The fourth-order valence-corrected chi connectivity index (χ4v) is 4.17. The van der Waals surface area contributed by atoms with Gasteiger partial charge in [-0.15, -0.1) is 22.7 Å². The number of piperazine rings is 1. The molecule has 0 radical (unpaired) electrons. The van der Waals surface area contributed by atoms with E-state index < -0.39 is 0 Å². The number of anilines is 1. The Morgan fingerprint density at radius 2 is 2.12 bits per heavy atom. The normalized spacial score (nSPS) is 15.0. The molecule has 0 aliphatic carbocycles. The van der Waals surface area contributed by atoms with E-state index in [1.165, 1.54) is 11.3 Å². The first-order valence-corrected chi connectivity index (χ1v) is 9.46. The lowest BCUT2D eigenvalue weighted by Gasteiger charge is -2.34. The van der Waals surface area contributed by atoms with Crippen LogP contribution in [0.4, 0.5) is 5.13 Å². The Kier molecular flexibility index (Phi) is 4.31. The molecule has 1 amide bonds. The van der Waals surface area contributed by atoms with Crippen molar-refractivity contribution in [3.05, 3.63) is 41.0 Å². The van der Waals surface area contributed by atoms with Gasteiger partial charge in [0.2, 0.25) is 5.91 Å². The van der Waals surface area contributed by atoms with E-state index in [-0.39, 0.29) is 5.91 Å². The topological polar surface area (TPSA) is 62.5 Å². The first-order valence-electron chi connectivity index (χ1n) is 7.70. The summed E-state index contributed by atoms with van der Waals surface area (Å²) in [6.45, 7) is 3.11. The Bertz CT molecular complexity index is 790. The third kappa shape index (κ3) is 3.20. The van der Waals surface area contributed by atoms with E-state index in [1.54, 1.807) is 17.6 Å². The number of carbonyl (C=O) groups excluding carboxylic acids is 1. The van der Waals surface area contributed by atoms with E-state index in [2.05, 4.69) is 14.9 Å². The maximum absolute atomic E-state index is 12.5. The predicted molar refractivity (Wildman–Crippen MR) is 94.4 cm³/mol. The molecule has 1 fully saturated rings. The SMILES string of the molecule is O=C(Cc1csc(-c2ccco2)n1)N1CCN(c2nccs2)CC1. The van der Waals surface area contributed by atoms with Crippen LogP contribution < -0.4 is 4.90 Å². The Morgan fingerprint density at radius 3 is 2.83 bits per heavy atom. The summed E-state index contributed by atoms with van der Waals surface area (Å²) in [5.41, 5.74) is 0.804. The lowest BCUT2D eigenvalue weighted by Crippen LogP contribution is -2.49. The van der Waals surface area contributed by atoms with Crippen LogP contribution in [0, 0.1) is 0 Å². The van der Waals surface area contributed by atoms with Crippen LogP contribution >= 0.6 is 22.7 Å². The molecule has 6 nitrogen and oxygen atoms in total. The third-order valence-electron chi connectivity index (χ3n) is 3.94. The fraction of sp³-hybridized carbons (Fsp3) is 0.312. The van der Waals surface area contributed by atoms with E-state index in [0.717, 1.165) is 47.8 Å². The number of amides is 1. The third-order valence-corrected chi connectivity index (χ3v) is 5.68. The number of rotatable bonds is 4. The molecule has 124 valence electrons. The molecular weight excluding hydrogens is 344 g/mol. The lowest BCUT2D eigenvalue weighted by molar-refractivity contribution is -0.130. The van der Waals surface area contributed by atoms with Gasteiger partial charge in [0.15, 0.2) is 15.9 Å². The largest absolute Gasteiger partial charge is 0.462 e. The molecule has 0 aromatic carbocycles. The minimum Gasteiger partial charge on any atom is -0.462 e. The molecular formula is C16H16N4O2S2. The summed E-state index contributed by atoms with van der Waals surface area (Å²) < 4.78 is 5.34. The van der Waals surface area contributed by atoms with Crippen LogP contribution in [0.15, 0.2) is 39.8 Å². The smallest absolute Gasteiger partial charge is 0.228 e. The zero-order valence-corrected chi connectivity index (χ0v) is 14.6. The predicted octanol–water partition coefficient (Wildman–Crippen LogP) is 2.75. The number of hydrogen-bond donors (Lipinski definition) is 0. The average molecular weight is 360 g/mol. The number of thiazole rings is 2. The van der Waals surface area contributed by atoms with Crippen molar-refractivity contribution in [3.63, 3.8) is 0 Å². The summed E-state index contributed by atoms with van der Waals surface area (Å²) in [5.74, 6) is 0.876. The van der Waals surface area contributed by atoms with Gasteiger partial charge in [-0.3, -0.25) is 4.79 Å². The summed E-state index contributed by atoms with van der Waals surface area (Å²) in [4.78, 5) is 25.5. The van der Waals surface area contributed by atoms with Crippen molar-refractivity contribution < 1.29 is 9.21 Å². The summed E-state index contributed by atoms with van der Waals surface area (Å²) >= 11 is 3.14. The van der Waals surface area contributed by atoms with Gasteiger partial charge < -0.3 is 14.2 Å². The molecule has 0 spiro atoms. The van der Waals surface area contributed by atoms with Gasteiger partial charge in [0.1, 0.15) is 0 Å². The molecule has 0 N–H and O–H groups in total. The number of nitrogens with zero attached hydrogens (tertiary/aromatic N) is 4. The second-order valence-electron chi connectivity index (χ2n) is 5.48. The van der Waals surface area contributed by atoms with Crippen LogP contribution in [0.25, 0.3) is 10.8 Å². The number of aromatic nitrogens is 2. The van der Waals surface area contributed by atoms with Crippen LogP contribution in [-0.2, 0) is 11.2 Å². The molecule has 4 rings (SSSR count). The summed E-state index contributed by atoms with van der Waals surface area (Å²) in [5, 5.41) is 5.76. The van der Waals surface area contributed by atoms with Crippen molar-refractivity contribution in [2.45, 2.75) is 6.42 Å². The highest BCUT2D eigenvalue weighted by molar-refractivity contribution is 7.13. The fourth-order valence-electron chi connectivity index (χ4n) is 2.69. The molecule has 8 heteroatoms. The molecule has 1 aliphatic heterocycles. The van der Waals surface area contributed by atoms with Crippen molar-refractivity contribution in [3.8, 4) is 10.8 Å². The van der Waals surface area contributed by atoms with Gasteiger partial charge in [0, 0.05) is 43.1 Å². The molecule has 1 aliphatic rings. The van der Waals surface area contributed by atoms with Crippen LogP contribution in [-0.4, -0.2) is 47.0 Å². The molecule has 4 heterocycles. The van der Waals surface area contributed by atoms with Gasteiger partial charge >= 0.3 is 0 Å². The van der Waals surface area contributed by atoms with Crippen LogP contribution in [0.2, 0.25) is 0 Å². The maximum atomic E-state index is 12.5. The molecule has 1 saturated heterocycles. The average Bonchev–Trinajstić information content (AvgIpc) is 3.36. The lowest BCUT2D eigenvalue weighted by atomic mass is 10.2. The highest BCUT2D eigenvalue weighted by atomic mass is 32.1. The van der Waals surface area contributed by atoms with Gasteiger partial charge in [-0.1, -0.05) is 0 Å². The van der Waals surface area contributed by atoms with E-state index in [4.69, 9.17) is 4.42 Å². The number of hydrogen-bond acceptors (Lipinski definition) is 7. The van der Waals surface area contributed by atoms with Crippen molar-refractivity contribution in [1.29, 1.82) is 0 Å². The summed E-state index contributed by atoms with van der Waals surface area (Å²) in [7, 11) is 0. The molecule has 0 saturated carbocycles. The van der Waals surface area contributed by atoms with Gasteiger partial charge in [-0.25, -0.2) is 9.97 Å². The van der Waals surface area contributed by atoms with E-state index >= 15 is 0 Å². The number of furan rings is 1. The highest BCUT2D eigenvalue weighted by Gasteiger charge is 2.23. The second-order valence-corrected chi connectivity index (χ2v) is 7.21. The molecule has 0 bridgehead atoms. The van der Waals surface area contributed by atoms with Gasteiger partial charge in [0.25, 0.3) is 0 Å². The quantitative estimate of drug-likeness (QED) is 0.716. The van der Waals surface area contributed by atoms with E-state index in [1.807, 2.05) is 34.0 Å². The molecule has 0 unspecified atom stereocenters. The first kappa shape index (κ1) is 15.3. The van der Waals surface area contributed by atoms with Gasteiger partial charge in [-0.05, 0) is 12.1 Å². The summed E-state index contributed by atoms with van der Waals surface area (Å²) in [6, 6.07) is 3.71. The summed E-state index contributed by atoms with van der Waals surface area (Å²) in [6.07, 6.45) is 3.79. The Hall–Kier alpha value is -2.19. The zero-order valence-electron chi connectivity index (χ0n) is 12.9. The molecule has 24 heavy (non-hydrogen) atoms. The van der Waals surface area contributed by atoms with E-state index in [9.17, 15) is 4.79 Å². The molecule has 3 aromatic heterocycles. The minimum absolute atomic E-state index is 0.130. The molecule has 3 aromatic rings. The van der Waals surface area contributed by atoms with E-state index in [0.29, 0.717) is 6.42 Å². The Balaban J connectivity index is 1.34. The zero-order chi connectivity index (χ0) is 16.4. The maximum Gasteiger partial charge on any atom is 0.228 e. The highest BCUT2D eigenvalue weighted by Crippen LogP contribution is 2.24. The standard InChI is InChI=1S/C16H16N4O2S2/c21-14(10-12-11-24-15(18-12)13-2-1-8-22-13)19-4-6-20(7-5-19)16-17-3-9-23-16/h1-3,8-9,11H,4-7,10H2. The van der Waals surface area contributed by atoms with Crippen molar-refractivity contribution in [2.24, 2.45) is 0 Å². The monoisotopic (exact) mass is 360 g/mol. The van der Waals surface area contributed by atoms with Crippen molar-refractivity contribution in [2.75, 3.05) is 31.1 Å². The van der Waals surface area contributed by atoms with Crippen LogP contribution in [0.3, 0.4) is 0 Å². The second kappa shape index (κ2) is 6.74. The molecule has 0 atom stereocenters. The van der Waals surface area contributed by atoms with Gasteiger partial charge in [0.05, 0.1) is 18.4 Å². The Labute approximate surface area is 147 Å². The minimum atomic E-state index is 0.130. The Morgan fingerprint density at radius 1 is 1.25 bits per heavy atom. The van der Waals surface area contributed by atoms with Crippen LogP contribution in [0.1, 0.15) is 5.69 Å². The van der Waals surface area contributed by atoms with Crippen LogP contribution in [0.5, 0.6) is 0 Å². The van der Waals surface area contributed by atoms with Crippen molar-refractivity contribution >= 4 is 33.7 Å². The first-order chi connectivity index (χ1) is 11.8. The van der Waals surface area contributed by atoms with Crippen molar-refractivity contribution in [1.82, 2.24) is 14.9 Å². The van der Waals surface area contributed by atoms with Gasteiger partial charge in [-0.2, -0.15) is 0 Å². The number of carbonyl (C=O) groups is 1.